The van der Waals surface area contributed by atoms with Crippen LogP contribution in [-0.4, -0.2) is 40.2 Å². The molecule has 1 aromatic carbocycles. The van der Waals surface area contributed by atoms with Gasteiger partial charge in [0.15, 0.2) is 0 Å². The van der Waals surface area contributed by atoms with Gasteiger partial charge in [-0.1, -0.05) is 36.4 Å². The smallest absolute Gasteiger partial charge is 0.228 e. The Morgan fingerprint density at radius 1 is 1.00 bits per heavy atom. The van der Waals surface area contributed by atoms with Crippen LogP contribution in [-0.2, 0) is 29.3 Å². The number of rotatable bonds is 9. The van der Waals surface area contributed by atoms with Crippen molar-refractivity contribution in [3.05, 3.63) is 77.9 Å². The molecule has 0 aliphatic rings. The van der Waals surface area contributed by atoms with E-state index in [1.54, 1.807) is 26.2 Å². The van der Waals surface area contributed by atoms with Crippen molar-refractivity contribution in [2.24, 2.45) is 0 Å². The third-order valence-electron chi connectivity index (χ3n) is 5.43. The monoisotopic (exact) mass is 426 g/mol. The molecule has 0 aliphatic carbocycles. The fourth-order valence-electron chi connectivity index (χ4n) is 3.32. The zero-order valence-corrected chi connectivity index (χ0v) is 18.9. The van der Waals surface area contributed by atoms with E-state index in [-0.39, 0.29) is 11.2 Å². The Kier molecular flexibility index (Phi) is 7.05. The zero-order valence-electron chi connectivity index (χ0n) is 18.1. The van der Waals surface area contributed by atoms with Crippen molar-refractivity contribution in [3.63, 3.8) is 0 Å². The van der Waals surface area contributed by atoms with E-state index in [1.165, 1.54) is 5.56 Å². The molecule has 0 saturated carbocycles. The Balaban J connectivity index is 1.88. The average Bonchev–Trinajstić information content (AvgIpc) is 3.16. The number of pyridine rings is 1. The Hall–Kier alpha value is -2.51. The molecule has 1 atom stereocenters. The van der Waals surface area contributed by atoms with E-state index in [1.807, 2.05) is 48.0 Å². The van der Waals surface area contributed by atoms with Gasteiger partial charge in [-0.2, -0.15) is 0 Å². The maximum absolute atomic E-state index is 12.9. The van der Waals surface area contributed by atoms with E-state index >= 15 is 0 Å². The van der Waals surface area contributed by atoms with Gasteiger partial charge in [0, 0.05) is 25.3 Å². The standard InChI is InChI=1S/C23H30N4O2S/c1-18(2)30(28,29)23-25-16-21(27(23)15-13-20-10-6-5-7-11-20)17-26(4)19(3)22-12-8-9-14-24-22/h5-12,14,16,18-19H,13,15,17H2,1-4H3/t19-/m0/s1. The lowest BCUT2D eigenvalue weighted by Gasteiger charge is -2.25. The average molecular weight is 427 g/mol. The van der Waals surface area contributed by atoms with Gasteiger partial charge in [-0.3, -0.25) is 9.88 Å². The molecule has 2 aromatic heterocycles. The Labute approximate surface area is 179 Å². The number of hydrogen-bond acceptors (Lipinski definition) is 5. The van der Waals surface area contributed by atoms with Crippen LogP contribution in [0.15, 0.2) is 66.1 Å². The van der Waals surface area contributed by atoms with E-state index in [0.29, 0.717) is 13.1 Å². The molecule has 0 unspecified atom stereocenters. The largest absolute Gasteiger partial charge is 0.317 e. The first-order chi connectivity index (χ1) is 14.3. The van der Waals surface area contributed by atoms with Gasteiger partial charge in [-0.25, -0.2) is 13.4 Å². The van der Waals surface area contributed by atoms with Gasteiger partial charge in [0.2, 0.25) is 15.0 Å². The van der Waals surface area contributed by atoms with E-state index in [9.17, 15) is 8.42 Å². The van der Waals surface area contributed by atoms with Crippen molar-refractivity contribution in [2.75, 3.05) is 7.05 Å². The summed E-state index contributed by atoms with van der Waals surface area (Å²) in [6.07, 6.45) is 4.23. The van der Waals surface area contributed by atoms with Crippen LogP contribution in [0.1, 0.15) is 43.8 Å². The number of nitrogens with zero attached hydrogens (tertiary/aromatic N) is 4. The summed E-state index contributed by atoms with van der Waals surface area (Å²) < 4.78 is 27.7. The molecule has 0 aliphatic heterocycles. The third-order valence-corrected chi connectivity index (χ3v) is 7.51. The molecule has 0 amide bonds. The number of imidazole rings is 1. The topological polar surface area (TPSA) is 68.1 Å². The van der Waals surface area contributed by atoms with Gasteiger partial charge in [-0.05, 0) is 51.9 Å². The maximum atomic E-state index is 12.9. The fourth-order valence-corrected chi connectivity index (χ4v) is 4.46. The SMILES string of the molecule is CC(C)S(=O)(=O)c1ncc(CN(C)[C@@H](C)c2ccccn2)n1CCc1ccccc1. The van der Waals surface area contributed by atoms with Crippen LogP contribution >= 0.6 is 0 Å². The summed E-state index contributed by atoms with van der Waals surface area (Å²) in [6.45, 7) is 6.62. The molecule has 0 N–H and O–H groups in total. The molecule has 0 saturated heterocycles. The Morgan fingerprint density at radius 2 is 1.70 bits per heavy atom. The number of aryl methyl sites for hydroxylation is 1. The van der Waals surface area contributed by atoms with Gasteiger partial charge in [0.05, 0.1) is 22.8 Å². The van der Waals surface area contributed by atoms with Crippen molar-refractivity contribution in [1.29, 1.82) is 0 Å². The first-order valence-corrected chi connectivity index (χ1v) is 11.8. The summed E-state index contributed by atoms with van der Waals surface area (Å²) in [7, 11) is -1.46. The minimum Gasteiger partial charge on any atom is -0.317 e. The molecule has 160 valence electrons. The molecule has 3 aromatic rings. The highest BCUT2D eigenvalue weighted by atomic mass is 32.2. The van der Waals surface area contributed by atoms with Gasteiger partial charge >= 0.3 is 0 Å². The summed E-state index contributed by atoms with van der Waals surface area (Å²) in [5, 5.41) is -0.365. The highest BCUT2D eigenvalue weighted by Crippen LogP contribution is 2.22. The molecule has 0 spiro atoms. The molecule has 30 heavy (non-hydrogen) atoms. The Morgan fingerprint density at radius 3 is 2.33 bits per heavy atom. The lowest BCUT2D eigenvalue weighted by Crippen LogP contribution is -2.26. The van der Waals surface area contributed by atoms with Crippen LogP contribution in [0.3, 0.4) is 0 Å². The lowest BCUT2D eigenvalue weighted by molar-refractivity contribution is 0.241. The first kappa shape index (κ1) is 22.2. The summed E-state index contributed by atoms with van der Waals surface area (Å²) in [5.41, 5.74) is 3.03. The Bertz CT molecular complexity index is 1050. The molecule has 2 heterocycles. The van der Waals surface area contributed by atoms with Gasteiger partial charge in [0.1, 0.15) is 0 Å². The van der Waals surface area contributed by atoms with Crippen molar-refractivity contribution in [3.8, 4) is 0 Å². The lowest BCUT2D eigenvalue weighted by atomic mass is 10.1. The molecular formula is C23H30N4O2S. The second-order valence-electron chi connectivity index (χ2n) is 7.86. The van der Waals surface area contributed by atoms with Crippen molar-refractivity contribution < 1.29 is 8.42 Å². The number of sulfone groups is 1. The van der Waals surface area contributed by atoms with E-state index < -0.39 is 15.1 Å². The molecule has 3 rings (SSSR count). The van der Waals surface area contributed by atoms with E-state index in [4.69, 9.17) is 0 Å². The number of hydrogen-bond donors (Lipinski definition) is 0. The van der Waals surface area contributed by atoms with Gasteiger partial charge in [-0.15, -0.1) is 0 Å². The van der Waals surface area contributed by atoms with Crippen LogP contribution in [0.4, 0.5) is 0 Å². The zero-order chi connectivity index (χ0) is 21.7. The highest BCUT2D eigenvalue weighted by molar-refractivity contribution is 7.91. The normalized spacial score (nSPS) is 13.1. The molecule has 0 fully saturated rings. The summed E-state index contributed by atoms with van der Waals surface area (Å²) >= 11 is 0. The molecule has 0 bridgehead atoms. The van der Waals surface area contributed by atoms with Crippen molar-refractivity contribution in [1.82, 2.24) is 19.4 Å². The van der Waals surface area contributed by atoms with Crippen LogP contribution in [0.25, 0.3) is 0 Å². The quantitative estimate of drug-likeness (QED) is 0.519. The van der Waals surface area contributed by atoms with Crippen LogP contribution in [0.2, 0.25) is 0 Å². The minimum atomic E-state index is -3.48. The molecular weight excluding hydrogens is 396 g/mol. The molecule has 7 heteroatoms. The third kappa shape index (κ3) is 4.96. The van der Waals surface area contributed by atoms with Crippen LogP contribution < -0.4 is 0 Å². The van der Waals surface area contributed by atoms with Crippen LogP contribution in [0, 0.1) is 0 Å². The van der Waals surface area contributed by atoms with Gasteiger partial charge < -0.3 is 4.57 Å². The van der Waals surface area contributed by atoms with Crippen molar-refractivity contribution in [2.45, 2.75) is 56.7 Å². The minimum absolute atomic E-state index is 0.0915. The first-order valence-electron chi connectivity index (χ1n) is 10.2. The predicted octanol–water partition coefficient (Wildman–Crippen LogP) is 3.90. The second-order valence-corrected chi connectivity index (χ2v) is 10.3. The number of benzene rings is 1. The molecule has 6 nitrogen and oxygen atoms in total. The fraction of sp³-hybridized carbons (Fsp3) is 0.391. The second kappa shape index (κ2) is 9.53. The maximum Gasteiger partial charge on any atom is 0.228 e. The van der Waals surface area contributed by atoms with Crippen molar-refractivity contribution >= 4 is 9.84 Å². The van der Waals surface area contributed by atoms with E-state index in [0.717, 1.165) is 17.8 Å². The van der Waals surface area contributed by atoms with Gasteiger partial charge in [0.25, 0.3) is 0 Å². The summed E-state index contributed by atoms with van der Waals surface area (Å²) in [6, 6.07) is 16.1. The highest BCUT2D eigenvalue weighted by Gasteiger charge is 2.27. The van der Waals surface area contributed by atoms with E-state index in [2.05, 4.69) is 33.9 Å². The summed E-state index contributed by atoms with van der Waals surface area (Å²) in [4.78, 5) is 10.9. The molecule has 0 radical (unpaired) electrons. The predicted molar refractivity (Wildman–Crippen MR) is 119 cm³/mol. The summed E-state index contributed by atoms with van der Waals surface area (Å²) in [5.74, 6) is 0. The number of aromatic nitrogens is 3. The van der Waals surface area contributed by atoms with Crippen LogP contribution in [0.5, 0.6) is 0 Å².